The van der Waals surface area contributed by atoms with Crippen molar-refractivity contribution in [2.24, 2.45) is 0 Å². The van der Waals surface area contributed by atoms with Crippen molar-refractivity contribution in [2.75, 3.05) is 34.7 Å². The number of carbonyl (C=O) groups excluding carboxylic acids is 2. The van der Waals surface area contributed by atoms with Crippen LogP contribution >= 0.6 is 0 Å². The number of allylic oxidation sites excluding steroid dienone is 1. The van der Waals surface area contributed by atoms with Crippen molar-refractivity contribution < 1.29 is 41.7 Å². The summed E-state index contributed by atoms with van der Waals surface area (Å²) in [7, 11) is 2.65. The second-order valence-electron chi connectivity index (χ2n) is 8.10. The Morgan fingerprint density at radius 3 is 1.67 bits per heavy atom. The van der Waals surface area contributed by atoms with Gasteiger partial charge in [-0.15, -0.1) is 0 Å². The van der Waals surface area contributed by atoms with Gasteiger partial charge in [0.05, 0.1) is 50.5 Å². The number of hydrogen-bond donors (Lipinski definition) is 0. The molecule has 0 bridgehead atoms. The molecule has 1 aliphatic carbocycles. The van der Waals surface area contributed by atoms with E-state index in [1.54, 1.807) is 68.8 Å². The fraction of sp³-hybridized carbons (Fsp3) is 0.179. The monoisotopic (exact) mass is 550 g/mol. The summed E-state index contributed by atoms with van der Waals surface area (Å²) in [5.74, 6) is 1.45. The third-order valence-electron chi connectivity index (χ3n) is 5.75. The summed E-state index contributed by atoms with van der Waals surface area (Å²) in [6, 6.07) is 16.4. The second-order valence-corrected chi connectivity index (χ2v) is 10.1. The van der Waals surface area contributed by atoms with Crippen molar-refractivity contribution in [3.63, 3.8) is 0 Å². The van der Waals surface area contributed by atoms with E-state index in [0.29, 0.717) is 39.7 Å². The largest absolute Gasteiger partial charge is 0.497 e. The SMILES string of the molecule is COc1ccc(C(=O)c2ccc(OC)cc2OC)c(OC)c1.CS(=O)(=O)C1=CC(=[N+]=[N-])C(=O)c2ccccc21. The average Bonchev–Trinajstić information content (AvgIpc) is 2.96. The molecule has 39 heavy (non-hydrogen) atoms. The van der Waals surface area contributed by atoms with E-state index < -0.39 is 15.6 Å². The van der Waals surface area contributed by atoms with Crippen molar-refractivity contribution in [3.8, 4) is 23.0 Å². The zero-order chi connectivity index (χ0) is 28.7. The number of ketones is 2. The van der Waals surface area contributed by atoms with Crippen LogP contribution < -0.4 is 18.9 Å². The van der Waals surface area contributed by atoms with Gasteiger partial charge in [-0.3, -0.25) is 9.59 Å². The van der Waals surface area contributed by atoms with E-state index >= 15 is 0 Å². The van der Waals surface area contributed by atoms with E-state index in [4.69, 9.17) is 24.5 Å². The van der Waals surface area contributed by atoms with Crippen molar-refractivity contribution in [1.82, 2.24) is 0 Å². The van der Waals surface area contributed by atoms with Gasteiger partial charge in [0.2, 0.25) is 0 Å². The third kappa shape index (κ3) is 6.23. The van der Waals surface area contributed by atoms with Crippen LogP contribution in [0.25, 0.3) is 10.4 Å². The summed E-state index contributed by atoms with van der Waals surface area (Å²) in [5, 5.41) is 0. The number of fused-ring (bicyclic) bond motifs is 1. The molecule has 202 valence electrons. The summed E-state index contributed by atoms with van der Waals surface area (Å²) in [6.45, 7) is 0. The Bertz CT molecular complexity index is 1560. The summed E-state index contributed by atoms with van der Waals surface area (Å²) in [5.41, 5.74) is 9.86. The maximum atomic E-state index is 12.8. The number of nitrogens with zero attached hydrogens (tertiary/aromatic N) is 2. The lowest BCUT2D eigenvalue weighted by Gasteiger charge is -2.12. The predicted molar refractivity (Wildman–Crippen MR) is 145 cm³/mol. The Hall–Kier alpha value is -4.73. The molecule has 3 aromatic carbocycles. The summed E-state index contributed by atoms with van der Waals surface area (Å²) in [4.78, 5) is 27.4. The highest BCUT2D eigenvalue weighted by atomic mass is 32.2. The zero-order valence-corrected chi connectivity index (χ0v) is 22.7. The minimum atomic E-state index is -3.49. The Morgan fingerprint density at radius 1 is 0.769 bits per heavy atom. The smallest absolute Gasteiger partial charge is 0.364 e. The van der Waals surface area contributed by atoms with Crippen LogP contribution in [-0.2, 0) is 9.84 Å². The molecular weight excluding hydrogens is 524 g/mol. The van der Waals surface area contributed by atoms with Gasteiger partial charge < -0.3 is 24.5 Å². The molecule has 1 aliphatic rings. The highest BCUT2D eigenvalue weighted by molar-refractivity contribution is 8.00. The first-order valence-electron chi connectivity index (χ1n) is 11.4. The first-order valence-corrected chi connectivity index (χ1v) is 13.2. The number of ether oxygens (including phenoxy) is 4. The van der Waals surface area contributed by atoms with Gasteiger partial charge in [-0.2, -0.15) is 4.79 Å². The Kier molecular flexibility index (Phi) is 9.03. The highest BCUT2D eigenvalue weighted by Crippen LogP contribution is 2.32. The van der Waals surface area contributed by atoms with Gasteiger partial charge in [0, 0.05) is 29.5 Å². The number of rotatable bonds is 7. The van der Waals surface area contributed by atoms with Gasteiger partial charge in [-0.1, -0.05) is 24.3 Å². The molecule has 4 rings (SSSR count). The molecule has 11 heteroatoms. The van der Waals surface area contributed by atoms with Crippen LogP contribution in [0.4, 0.5) is 0 Å². The van der Waals surface area contributed by atoms with Crippen LogP contribution in [0.2, 0.25) is 0 Å². The van der Waals surface area contributed by atoms with Crippen LogP contribution in [0.3, 0.4) is 0 Å². The molecule has 0 spiro atoms. The number of Topliss-reactive ketones (excluding diaryl/α,β-unsaturated/α-hetero) is 1. The molecule has 0 saturated heterocycles. The summed E-state index contributed by atoms with van der Waals surface area (Å²) >= 11 is 0. The molecule has 0 aromatic heterocycles. The number of carbonyl (C=O) groups is 2. The van der Waals surface area contributed by atoms with Gasteiger partial charge >= 0.3 is 5.71 Å². The fourth-order valence-corrected chi connectivity index (χ4v) is 4.70. The lowest BCUT2D eigenvalue weighted by Crippen LogP contribution is -2.22. The van der Waals surface area contributed by atoms with E-state index in [9.17, 15) is 18.0 Å². The van der Waals surface area contributed by atoms with Gasteiger partial charge in [0.1, 0.15) is 23.0 Å². The molecule has 3 aromatic rings. The zero-order valence-electron chi connectivity index (χ0n) is 21.9. The maximum absolute atomic E-state index is 12.8. The van der Waals surface area contributed by atoms with Crippen molar-refractivity contribution >= 4 is 32.0 Å². The van der Waals surface area contributed by atoms with E-state index in [0.717, 1.165) is 12.3 Å². The lowest BCUT2D eigenvalue weighted by molar-refractivity contribution is -0.00437. The molecule has 0 atom stereocenters. The summed E-state index contributed by atoms with van der Waals surface area (Å²) in [6.07, 6.45) is 2.13. The molecule has 0 N–H and O–H groups in total. The normalized spacial score (nSPS) is 12.2. The Labute approximate surface area is 225 Å². The number of sulfone groups is 1. The molecule has 10 nitrogen and oxygen atoms in total. The van der Waals surface area contributed by atoms with Gasteiger partial charge in [0.15, 0.2) is 15.6 Å². The molecule has 0 saturated carbocycles. The maximum Gasteiger partial charge on any atom is 0.364 e. The van der Waals surface area contributed by atoms with Gasteiger partial charge in [-0.05, 0) is 24.3 Å². The molecule has 0 radical (unpaired) electrons. The molecule has 0 unspecified atom stereocenters. The van der Waals surface area contributed by atoms with E-state index in [2.05, 4.69) is 4.79 Å². The van der Waals surface area contributed by atoms with Crippen LogP contribution in [0.5, 0.6) is 23.0 Å². The highest BCUT2D eigenvalue weighted by Gasteiger charge is 2.33. The predicted octanol–water partition coefficient (Wildman–Crippen LogP) is 3.89. The topological polar surface area (TPSA) is 142 Å². The molecule has 0 aliphatic heterocycles. The molecule has 0 fully saturated rings. The Balaban J connectivity index is 0.000000223. The van der Waals surface area contributed by atoms with Crippen LogP contribution in [0.1, 0.15) is 31.8 Å². The van der Waals surface area contributed by atoms with Crippen LogP contribution in [0.15, 0.2) is 66.7 Å². The second kappa shape index (κ2) is 12.2. The van der Waals surface area contributed by atoms with Gasteiger partial charge in [-0.25, -0.2) is 8.42 Å². The fourth-order valence-electron chi connectivity index (χ4n) is 3.80. The lowest BCUT2D eigenvalue weighted by atomic mass is 9.95. The van der Waals surface area contributed by atoms with Crippen molar-refractivity contribution in [3.05, 3.63) is 94.5 Å². The standard InChI is InChI=1S/C17H18O5.C11H8N2O3S/c1-19-11-5-7-13(15(9-11)21-3)17(18)14-8-6-12(20-2)10-16(14)22-4;1-17(15,16)10-6-9(13-12)11(14)8-5-3-2-4-7(8)10/h5-10H,1-4H3;2-6H,1H3. The molecule has 0 heterocycles. The van der Waals surface area contributed by atoms with E-state index in [1.165, 1.54) is 20.3 Å². The van der Waals surface area contributed by atoms with E-state index in [-0.39, 0.29) is 22.0 Å². The minimum absolute atomic E-state index is 0.0134. The first-order chi connectivity index (χ1) is 18.6. The van der Waals surface area contributed by atoms with Crippen LogP contribution in [0, 0.1) is 0 Å². The molecule has 0 amide bonds. The quantitative estimate of drug-likeness (QED) is 0.245. The van der Waals surface area contributed by atoms with Crippen molar-refractivity contribution in [2.45, 2.75) is 0 Å². The molecular formula is C28H26N2O8S. The Morgan fingerprint density at radius 2 is 1.26 bits per heavy atom. The minimum Gasteiger partial charge on any atom is -0.497 e. The first kappa shape index (κ1) is 28.8. The average molecular weight is 551 g/mol. The third-order valence-corrected chi connectivity index (χ3v) is 6.89. The number of hydrogen-bond acceptors (Lipinski definition) is 8. The number of benzene rings is 3. The van der Waals surface area contributed by atoms with Crippen molar-refractivity contribution in [1.29, 1.82) is 0 Å². The summed E-state index contributed by atoms with van der Waals surface area (Å²) < 4.78 is 44.0. The van der Waals surface area contributed by atoms with Crippen LogP contribution in [-0.4, -0.2) is 65.2 Å². The van der Waals surface area contributed by atoms with E-state index in [1.807, 2.05) is 0 Å². The van der Waals surface area contributed by atoms with Gasteiger partial charge in [0.25, 0.3) is 5.78 Å². The number of methoxy groups -OCH3 is 4.